The van der Waals surface area contributed by atoms with Crippen LogP contribution in [-0.4, -0.2) is 36.2 Å². The molecule has 1 unspecified atom stereocenters. The number of aromatic amines is 1. The largest absolute Gasteiger partial charge is 0.493 e. The Hall–Kier alpha value is -3.22. The number of ether oxygens (including phenoxy) is 2. The lowest BCUT2D eigenvalue weighted by molar-refractivity contribution is -0.123. The smallest absolute Gasteiger partial charge is 0.326 e. The molecule has 0 aliphatic carbocycles. The lowest BCUT2D eigenvalue weighted by Gasteiger charge is -2.22. The van der Waals surface area contributed by atoms with Crippen LogP contribution in [0.2, 0.25) is 0 Å². The van der Waals surface area contributed by atoms with Gasteiger partial charge in [-0.3, -0.25) is 9.36 Å². The fourth-order valence-corrected chi connectivity index (χ4v) is 3.61. The number of benzene rings is 2. The fourth-order valence-electron chi connectivity index (χ4n) is 3.61. The van der Waals surface area contributed by atoms with Crippen LogP contribution in [0.1, 0.15) is 25.3 Å². The van der Waals surface area contributed by atoms with Gasteiger partial charge in [-0.25, -0.2) is 4.79 Å². The number of amides is 1. The summed E-state index contributed by atoms with van der Waals surface area (Å²) in [5, 5.41) is 2.97. The van der Waals surface area contributed by atoms with Crippen molar-refractivity contribution in [2.45, 2.75) is 26.3 Å². The Morgan fingerprint density at radius 2 is 1.83 bits per heavy atom. The van der Waals surface area contributed by atoms with Crippen molar-refractivity contribution < 1.29 is 14.3 Å². The number of para-hydroxylation sites is 2. The highest BCUT2D eigenvalue weighted by Gasteiger charge is 2.25. The quantitative estimate of drug-likeness (QED) is 0.612. The summed E-state index contributed by atoms with van der Waals surface area (Å²) in [5.74, 6) is 0.880. The molecule has 0 radical (unpaired) electrons. The highest BCUT2D eigenvalue weighted by atomic mass is 16.5. The second-order valence-electron chi connectivity index (χ2n) is 7.23. The van der Waals surface area contributed by atoms with E-state index in [-0.39, 0.29) is 23.4 Å². The molecule has 154 valence electrons. The number of methoxy groups -OCH3 is 2. The molecule has 2 N–H and O–H groups in total. The average Bonchev–Trinajstić information content (AvgIpc) is 3.03. The first kappa shape index (κ1) is 20.5. The van der Waals surface area contributed by atoms with Crippen LogP contribution in [-0.2, 0) is 11.3 Å². The zero-order valence-electron chi connectivity index (χ0n) is 17.2. The summed E-state index contributed by atoms with van der Waals surface area (Å²) in [5.41, 5.74) is 2.29. The molecule has 3 rings (SSSR count). The van der Waals surface area contributed by atoms with E-state index in [1.165, 1.54) is 0 Å². The summed E-state index contributed by atoms with van der Waals surface area (Å²) in [6.07, 6.45) is 0. The van der Waals surface area contributed by atoms with Gasteiger partial charge in [0, 0.05) is 13.1 Å². The van der Waals surface area contributed by atoms with Crippen molar-refractivity contribution in [3.8, 4) is 11.5 Å². The van der Waals surface area contributed by atoms with Crippen molar-refractivity contribution >= 4 is 16.9 Å². The van der Waals surface area contributed by atoms with Crippen molar-refractivity contribution in [3.63, 3.8) is 0 Å². The molecule has 3 aromatic rings. The molecule has 0 saturated carbocycles. The molecule has 29 heavy (non-hydrogen) atoms. The minimum absolute atomic E-state index is 0.0832. The van der Waals surface area contributed by atoms with Gasteiger partial charge in [-0.05, 0) is 35.7 Å². The molecule has 1 heterocycles. The van der Waals surface area contributed by atoms with Crippen LogP contribution in [0.15, 0.2) is 47.3 Å². The standard InChI is InChI=1S/C22H27N3O4/c1-14(2)20(15-9-10-18(28-3)19(13-15)29-4)21(26)23-11-12-25-17-8-6-5-7-16(17)24-22(25)27/h5-10,13-14,20H,11-12H2,1-4H3,(H,23,26)(H,24,27). The first-order valence-corrected chi connectivity index (χ1v) is 9.63. The van der Waals surface area contributed by atoms with Crippen molar-refractivity contribution in [3.05, 3.63) is 58.5 Å². The molecule has 1 amide bonds. The predicted molar refractivity (Wildman–Crippen MR) is 113 cm³/mol. The van der Waals surface area contributed by atoms with Crippen LogP contribution in [0, 0.1) is 5.92 Å². The Morgan fingerprint density at radius 3 is 2.52 bits per heavy atom. The number of fused-ring (bicyclic) bond motifs is 1. The van der Waals surface area contributed by atoms with E-state index in [4.69, 9.17) is 9.47 Å². The number of carbonyl (C=O) groups is 1. The Bertz CT molecular complexity index is 1050. The van der Waals surface area contributed by atoms with Gasteiger partial charge in [-0.15, -0.1) is 0 Å². The SMILES string of the molecule is COc1ccc(C(C(=O)NCCn2c(=O)[nH]c3ccccc32)C(C)C)cc1OC. The van der Waals surface area contributed by atoms with E-state index in [2.05, 4.69) is 10.3 Å². The highest BCUT2D eigenvalue weighted by Crippen LogP contribution is 2.33. The van der Waals surface area contributed by atoms with E-state index in [0.717, 1.165) is 16.6 Å². The molecule has 7 nitrogen and oxygen atoms in total. The first-order valence-electron chi connectivity index (χ1n) is 9.63. The normalized spacial score (nSPS) is 12.2. The van der Waals surface area contributed by atoms with Gasteiger partial charge in [0.15, 0.2) is 11.5 Å². The van der Waals surface area contributed by atoms with E-state index in [1.54, 1.807) is 18.8 Å². The average molecular weight is 397 g/mol. The van der Waals surface area contributed by atoms with Gasteiger partial charge in [0.05, 0.1) is 31.2 Å². The maximum absolute atomic E-state index is 12.9. The summed E-state index contributed by atoms with van der Waals surface area (Å²) in [6.45, 7) is 4.76. The van der Waals surface area contributed by atoms with Crippen LogP contribution in [0.4, 0.5) is 0 Å². The summed E-state index contributed by atoms with van der Waals surface area (Å²) >= 11 is 0. The van der Waals surface area contributed by atoms with E-state index in [1.807, 2.05) is 56.3 Å². The molecule has 1 aromatic heterocycles. The molecule has 0 fully saturated rings. The lowest BCUT2D eigenvalue weighted by Crippen LogP contribution is -2.35. The number of carbonyl (C=O) groups excluding carboxylic acids is 1. The molecule has 7 heteroatoms. The van der Waals surface area contributed by atoms with Crippen molar-refractivity contribution in [1.82, 2.24) is 14.9 Å². The van der Waals surface area contributed by atoms with Gasteiger partial charge in [-0.1, -0.05) is 32.0 Å². The maximum atomic E-state index is 12.9. The molecule has 0 saturated heterocycles. The van der Waals surface area contributed by atoms with Gasteiger partial charge in [-0.2, -0.15) is 0 Å². The van der Waals surface area contributed by atoms with E-state index >= 15 is 0 Å². The Balaban J connectivity index is 1.73. The minimum Gasteiger partial charge on any atom is -0.493 e. The fraction of sp³-hybridized carbons (Fsp3) is 0.364. The monoisotopic (exact) mass is 397 g/mol. The van der Waals surface area contributed by atoms with Crippen LogP contribution >= 0.6 is 0 Å². The lowest BCUT2D eigenvalue weighted by atomic mass is 9.87. The van der Waals surface area contributed by atoms with Crippen LogP contribution < -0.4 is 20.5 Å². The summed E-state index contributed by atoms with van der Waals surface area (Å²) in [4.78, 5) is 27.9. The summed E-state index contributed by atoms with van der Waals surface area (Å²) < 4.78 is 12.3. The first-order chi connectivity index (χ1) is 14.0. The van der Waals surface area contributed by atoms with Crippen LogP contribution in [0.25, 0.3) is 11.0 Å². The van der Waals surface area contributed by atoms with Crippen LogP contribution in [0.3, 0.4) is 0 Å². The second kappa shape index (κ2) is 8.86. The topological polar surface area (TPSA) is 85.4 Å². The molecule has 2 aromatic carbocycles. The van der Waals surface area contributed by atoms with E-state index in [9.17, 15) is 9.59 Å². The number of nitrogens with zero attached hydrogens (tertiary/aromatic N) is 1. The Kier molecular flexibility index (Phi) is 6.26. The third-order valence-corrected chi connectivity index (χ3v) is 5.03. The van der Waals surface area contributed by atoms with Gasteiger partial charge >= 0.3 is 5.69 Å². The minimum atomic E-state index is -0.338. The number of hydrogen-bond donors (Lipinski definition) is 2. The number of nitrogens with one attached hydrogen (secondary N) is 2. The number of aromatic nitrogens is 2. The number of H-pyrrole nitrogens is 1. The zero-order valence-corrected chi connectivity index (χ0v) is 17.2. The maximum Gasteiger partial charge on any atom is 0.326 e. The second-order valence-corrected chi connectivity index (χ2v) is 7.23. The van der Waals surface area contributed by atoms with Crippen molar-refractivity contribution in [2.24, 2.45) is 5.92 Å². The van der Waals surface area contributed by atoms with Gasteiger partial charge in [0.25, 0.3) is 0 Å². The van der Waals surface area contributed by atoms with Crippen molar-refractivity contribution in [2.75, 3.05) is 20.8 Å². The molecule has 0 aliphatic heterocycles. The van der Waals surface area contributed by atoms with Gasteiger partial charge in [0.2, 0.25) is 5.91 Å². The summed E-state index contributed by atoms with van der Waals surface area (Å²) in [7, 11) is 3.15. The Labute approximate surface area is 169 Å². The number of rotatable bonds is 8. The molecule has 0 bridgehead atoms. The molecular weight excluding hydrogens is 370 g/mol. The number of hydrogen-bond acceptors (Lipinski definition) is 4. The van der Waals surface area contributed by atoms with Gasteiger partial charge < -0.3 is 19.8 Å². The van der Waals surface area contributed by atoms with Crippen molar-refractivity contribution in [1.29, 1.82) is 0 Å². The molecule has 1 atom stereocenters. The number of imidazole rings is 1. The van der Waals surface area contributed by atoms with Gasteiger partial charge in [0.1, 0.15) is 0 Å². The molecule has 0 aliphatic rings. The highest BCUT2D eigenvalue weighted by molar-refractivity contribution is 5.84. The third kappa shape index (κ3) is 4.29. The molecular formula is C22H27N3O4. The predicted octanol–water partition coefficient (Wildman–Crippen LogP) is 2.90. The zero-order chi connectivity index (χ0) is 21.0. The van der Waals surface area contributed by atoms with Crippen LogP contribution in [0.5, 0.6) is 11.5 Å². The third-order valence-electron chi connectivity index (χ3n) is 5.03. The Morgan fingerprint density at radius 1 is 1.10 bits per heavy atom. The molecule has 0 spiro atoms. The van der Waals surface area contributed by atoms with E-state index < -0.39 is 0 Å². The van der Waals surface area contributed by atoms with E-state index in [0.29, 0.717) is 24.6 Å². The summed E-state index contributed by atoms with van der Waals surface area (Å²) in [6, 6.07) is 13.0.